The molecule has 0 saturated carbocycles. The Bertz CT molecular complexity index is 307. The van der Waals surface area contributed by atoms with Gasteiger partial charge in [0, 0.05) is 19.5 Å². The van der Waals surface area contributed by atoms with Crippen molar-refractivity contribution in [3.63, 3.8) is 0 Å². The van der Waals surface area contributed by atoms with Gasteiger partial charge in [-0.1, -0.05) is 13.8 Å². The highest BCUT2D eigenvalue weighted by atomic mass is 16.3. The second kappa shape index (κ2) is 7.90. The molecule has 0 aliphatic rings. The maximum atomic E-state index is 11.4. The minimum atomic E-state index is 0.109. The predicted molar refractivity (Wildman–Crippen MR) is 67.5 cm³/mol. The van der Waals surface area contributed by atoms with Crippen LogP contribution in [0.25, 0.3) is 0 Å². The summed E-state index contributed by atoms with van der Waals surface area (Å²) >= 11 is 0. The van der Waals surface area contributed by atoms with Gasteiger partial charge in [-0.2, -0.15) is 0 Å². The van der Waals surface area contributed by atoms with Crippen LogP contribution in [0.5, 0.6) is 0 Å². The fraction of sp³-hybridized carbons (Fsp3) is 0.615. The SMILES string of the molecule is CC(C)CCNC(=O)CCNCc1ccco1. The van der Waals surface area contributed by atoms with Crippen LogP contribution in [0.4, 0.5) is 0 Å². The monoisotopic (exact) mass is 238 g/mol. The van der Waals surface area contributed by atoms with E-state index in [9.17, 15) is 4.79 Å². The van der Waals surface area contributed by atoms with Crippen LogP contribution in [0.15, 0.2) is 22.8 Å². The maximum Gasteiger partial charge on any atom is 0.221 e. The average Bonchev–Trinajstić information content (AvgIpc) is 2.76. The summed E-state index contributed by atoms with van der Waals surface area (Å²) in [5.41, 5.74) is 0. The Kier molecular flexibility index (Phi) is 6.40. The molecular formula is C13H22N2O2. The molecule has 17 heavy (non-hydrogen) atoms. The highest BCUT2D eigenvalue weighted by Crippen LogP contribution is 1.98. The zero-order valence-corrected chi connectivity index (χ0v) is 10.7. The summed E-state index contributed by atoms with van der Waals surface area (Å²) in [6, 6.07) is 3.77. The number of carbonyl (C=O) groups excluding carboxylic acids is 1. The molecule has 1 rings (SSSR count). The molecule has 1 amide bonds. The van der Waals surface area contributed by atoms with E-state index in [-0.39, 0.29) is 5.91 Å². The van der Waals surface area contributed by atoms with Crippen LogP contribution < -0.4 is 10.6 Å². The summed E-state index contributed by atoms with van der Waals surface area (Å²) in [5, 5.41) is 6.07. The van der Waals surface area contributed by atoms with Gasteiger partial charge in [0.2, 0.25) is 5.91 Å². The number of hydrogen-bond acceptors (Lipinski definition) is 3. The molecule has 0 aliphatic carbocycles. The minimum absolute atomic E-state index is 0.109. The quantitative estimate of drug-likeness (QED) is 0.680. The van der Waals surface area contributed by atoms with Gasteiger partial charge in [0.25, 0.3) is 0 Å². The Morgan fingerprint density at radius 3 is 2.88 bits per heavy atom. The Morgan fingerprint density at radius 1 is 1.41 bits per heavy atom. The van der Waals surface area contributed by atoms with Crippen LogP contribution in [0, 0.1) is 5.92 Å². The van der Waals surface area contributed by atoms with E-state index in [0.29, 0.717) is 25.4 Å². The van der Waals surface area contributed by atoms with E-state index in [1.54, 1.807) is 6.26 Å². The molecule has 1 aromatic heterocycles. The summed E-state index contributed by atoms with van der Waals surface area (Å²) in [5.74, 6) is 1.63. The van der Waals surface area contributed by atoms with Crippen molar-refractivity contribution in [2.24, 2.45) is 5.92 Å². The predicted octanol–water partition coefficient (Wildman–Crippen LogP) is 1.92. The zero-order valence-electron chi connectivity index (χ0n) is 10.7. The Hall–Kier alpha value is -1.29. The van der Waals surface area contributed by atoms with E-state index in [4.69, 9.17) is 4.42 Å². The molecule has 0 bridgehead atoms. The molecule has 0 unspecified atom stereocenters. The Balaban J connectivity index is 1.97. The fourth-order valence-electron chi connectivity index (χ4n) is 1.42. The zero-order chi connectivity index (χ0) is 12.5. The third kappa shape index (κ3) is 6.79. The number of carbonyl (C=O) groups is 1. The molecule has 4 nitrogen and oxygen atoms in total. The lowest BCUT2D eigenvalue weighted by Crippen LogP contribution is -2.28. The van der Waals surface area contributed by atoms with E-state index in [1.165, 1.54) is 0 Å². The molecule has 0 aliphatic heterocycles. The molecule has 0 fully saturated rings. The number of amides is 1. The van der Waals surface area contributed by atoms with Crippen molar-refractivity contribution in [1.29, 1.82) is 0 Å². The maximum absolute atomic E-state index is 11.4. The summed E-state index contributed by atoms with van der Waals surface area (Å²) in [4.78, 5) is 11.4. The number of furan rings is 1. The molecule has 0 spiro atoms. The summed E-state index contributed by atoms with van der Waals surface area (Å²) < 4.78 is 5.17. The van der Waals surface area contributed by atoms with Gasteiger partial charge in [0.15, 0.2) is 0 Å². The van der Waals surface area contributed by atoms with Gasteiger partial charge >= 0.3 is 0 Å². The van der Waals surface area contributed by atoms with Crippen molar-refractivity contribution in [3.8, 4) is 0 Å². The Labute approximate surface area is 103 Å². The highest BCUT2D eigenvalue weighted by Gasteiger charge is 2.01. The van der Waals surface area contributed by atoms with Crippen LogP contribution >= 0.6 is 0 Å². The third-order valence-corrected chi connectivity index (χ3v) is 2.45. The lowest BCUT2D eigenvalue weighted by atomic mass is 10.1. The van der Waals surface area contributed by atoms with Crippen LogP contribution in [0.2, 0.25) is 0 Å². The van der Waals surface area contributed by atoms with Crippen LogP contribution in [-0.2, 0) is 11.3 Å². The van der Waals surface area contributed by atoms with Crippen molar-refractivity contribution < 1.29 is 9.21 Å². The molecule has 1 aromatic rings. The van der Waals surface area contributed by atoms with E-state index in [0.717, 1.165) is 18.7 Å². The topological polar surface area (TPSA) is 54.3 Å². The van der Waals surface area contributed by atoms with E-state index in [2.05, 4.69) is 24.5 Å². The highest BCUT2D eigenvalue weighted by molar-refractivity contribution is 5.75. The molecule has 0 saturated heterocycles. The van der Waals surface area contributed by atoms with Gasteiger partial charge in [-0.15, -0.1) is 0 Å². The van der Waals surface area contributed by atoms with Gasteiger partial charge in [-0.3, -0.25) is 4.79 Å². The average molecular weight is 238 g/mol. The first kappa shape index (κ1) is 13.8. The molecule has 2 N–H and O–H groups in total. The molecular weight excluding hydrogens is 216 g/mol. The fourth-order valence-corrected chi connectivity index (χ4v) is 1.42. The van der Waals surface area contributed by atoms with E-state index >= 15 is 0 Å². The first-order chi connectivity index (χ1) is 8.18. The smallest absolute Gasteiger partial charge is 0.221 e. The number of nitrogens with one attached hydrogen (secondary N) is 2. The van der Waals surface area contributed by atoms with Crippen molar-refractivity contribution in [3.05, 3.63) is 24.2 Å². The second-order valence-corrected chi connectivity index (χ2v) is 4.54. The van der Waals surface area contributed by atoms with Gasteiger partial charge in [-0.25, -0.2) is 0 Å². The summed E-state index contributed by atoms with van der Waals surface area (Å²) in [6.07, 6.45) is 3.19. The van der Waals surface area contributed by atoms with Gasteiger partial charge in [0.1, 0.15) is 5.76 Å². The number of hydrogen-bond donors (Lipinski definition) is 2. The van der Waals surface area contributed by atoms with Gasteiger partial charge in [0.05, 0.1) is 12.8 Å². The van der Waals surface area contributed by atoms with E-state index < -0.39 is 0 Å². The lowest BCUT2D eigenvalue weighted by Gasteiger charge is -2.07. The first-order valence-corrected chi connectivity index (χ1v) is 6.18. The molecule has 0 radical (unpaired) electrons. The van der Waals surface area contributed by atoms with Crippen molar-refractivity contribution >= 4 is 5.91 Å². The third-order valence-electron chi connectivity index (χ3n) is 2.45. The second-order valence-electron chi connectivity index (χ2n) is 4.54. The van der Waals surface area contributed by atoms with Gasteiger partial charge < -0.3 is 15.1 Å². The molecule has 1 heterocycles. The minimum Gasteiger partial charge on any atom is -0.468 e. The summed E-state index contributed by atoms with van der Waals surface area (Å²) in [7, 11) is 0. The summed E-state index contributed by atoms with van der Waals surface area (Å²) in [6.45, 7) is 6.42. The molecule has 96 valence electrons. The van der Waals surface area contributed by atoms with E-state index in [1.807, 2.05) is 12.1 Å². The van der Waals surface area contributed by atoms with Crippen LogP contribution in [0.3, 0.4) is 0 Å². The molecule has 0 atom stereocenters. The van der Waals surface area contributed by atoms with Gasteiger partial charge in [-0.05, 0) is 24.5 Å². The Morgan fingerprint density at radius 2 is 2.24 bits per heavy atom. The largest absolute Gasteiger partial charge is 0.468 e. The first-order valence-electron chi connectivity index (χ1n) is 6.18. The van der Waals surface area contributed by atoms with Crippen molar-refractivity contribution in [2.75, 3.05) is 13.1 Å². The van der Waals surface area contributed by atoms with Crippen molar-refractivity contribution in [2.45, 2.75) is 33.2 Å². The molecule has 0 aromatic carbocycles. The van der Waals surface area contributed by atoms with Crippen molar-refractivity contribution in [1.82, 2.24) is 10.6 Å². The van der Waals surface area contributed by atoms with Crippen LogP contribution in [-0.4, -0.2) is 19.0 Å². The normalized spacial score (nSPS) is 10.8. The standard InChI is InChI=1S/C13H22N2O2/c1-11(2)5-8-15-13(16)6-7-14-10-12-4-3-9-17-12/h3-4,9,11,14H,5-8,10H2,1-2H3,(H,15,16). The lowest BCUT2D eigenvalue weighted by molar-refractivity contribution is -0.121. The molecule has 4 heteroatoms. The van der Waals surface area contributed by atoms with Crippen LogP contribution in [0.1, 0.15) is 32.4 Å². The number of rotatable bonds is 8.